The Bertz CT molecular complexity index is 641. The van der Waals surface area contributed by atoms with Crippen LogP contribution < -0.4 is 11.1 Å². The van der Waals surface area contributed by atoms with Crippen LogP contribution in [-0.4, -0.2) is 11.0 Å². The van der Waals surface area contributed by atoms with Crippen molar-refractivity contribution in [3.05, 3.63) is 53.3 Å². The molecule has 0 atom stereocenters. The van der Waals surface area contributed by atoms with Crippen LogP contribution in [0.2, 0.25) is 0 Å². The standard InChI is InChI=1S/C14H13FN2O2/c1-8-2-4-10(15)12(6-8)17-14(19)9-3-5-11(16)13(18)7-9/h2-7,18H,16H2,1H3,(H,17,19). The summed E-state index contributed by atoms with van der Waals surface area (Å²) in [4.78, 5) is 11.9. The Morgan fingerprint density at radius 3 is 2.68 bits per heavy atom. The van der Waals surface area contributed by atoms with Gasteiger partial charge in [-0.25, -0.2) is 4.39 Å². The minimum atomic E-state index is -0.515. The molecule has 0 aromatic heterocycles. The third-order valence-corrected chi connectivity index (χ3v) is 2.66. The molecule has 0 aliphatic carbocycles. The number of amides is 1. The van der Waals surface area contributed by atoms with Crippen molar-refractivity contribution in [1.29, 1.82) is 0 Å². The van der Waals surface area contributed by atoms with Crippen molar-refractivity contribution >= 4 is 17.3 Å². The molecule has 0 bridgehead atoms. The van der Waals surface area contributed by atoms with Crippen LogP contribution in [0.25, 0.3) is 0 Å². The van der Waals surface area contributed by atoms with Crippen LogP contribution in [0.3, 0.4) is 0 Å². The van der Waals surface area contributed by atoms with Gasteiger partial charge >= 0.3 is 0 Å². The van der Waals surface area contributed by atoms with E-state index < -0.39 is 11.7 Å². The van der Waals surface area contributed by atoms with E-state index in [2.05, 4.69) is 5.32 Å². The van der Waals surface area contributed by atoms with Crippen molar-refractivity contribution in [2.24, 2.45) is 0 Å². The van der Waals surface area contributed by atoms with Crippen LogP contribution in [0.4, 0.5) is 15.8 Å². The second kappa shape index (κ2) is 4.97. The van der Waals surface area contributed by atoms with Crippen molar-refractivity contribution in [3.63, 3.8) is 0 Å². The van der Waals surface area contributed by atoms with Crippen LogP contribution in [-0.2, 0) is 0 Å². The molecule has 0 heterocycles. The lowest BCUT2D eigenvalue weighted by atomic mass is 10.1. The molecular formula is C14H13FN2O2. The molecule has 19 heavy (non-hydrogen) atoms. The largest absolute Gasteiger partial charge is 0.506 e. The van der Waals surface area contributed by atoms with Crippen LogP contribution in [0.5, 0.6) is 5.75 Å². The summed E-state index contributed by atoms with van der Waals surface area (Å²) in [6.45, 7) is 1.80. The highest BCUT2D eigenvalue weighted by atomic mass is 19.1. The maximum absolute atomic E-state index is 13.5. The quantitative estimate of drug-likeness (QED) is 0.574. The smallest absolute Gasteiger partial charge is 0.255 e. The van der Waals surface area contributed by atoms with Gasteiger partial charge in [-0.3, -0.25) is 4.79 Å². The second-order valence-electron chi connectivity index (χ2n) is 4.21. The molecule has 2 aromatic carbocycles. The molecule has 0 spiro atoms. The number of aryl methyl sites for hydroxylation is 1. The molecular weight excluding hydrogens is 247 g/mol. The molecule has 4 N–H and O–H groups in total. The van der Waals surface area contributed by atoms with Crippen LogP contribution in [0, 0.1) is 12.7 Å². The first-order valence-electron chi connectivity index (χ1n) is 5.63. The van der Waals surface area contributed by atoms with E-state index in [9.17, 15) is 14.3 Å². The number of halogens is 1. The highest BCUT2D eigenvalue weighted by Gasteiger charge is 2.11. The lowest BCUT2D eigenvalue weighted by molar-refractivity contribution is 0.102. The first-order valence-corrected chi connectivity index (χ1v) is 5.63. The van der Waals surface area contributed by atoms with E-state index in [-0.39, 0.29) is 22.7 Å². The Morgan fingerprint density at radius 1 is 1.26 bits per heavy atom. The summed E-state index contributed by atoms with van der Waals surface area (Å²) in [5.41, 5.74) is 6.75. The van der Waals surface area contributed by atoms with E-state index in [1.807, 2.05) is 0 Å². The van der Waals surface area contributed by atoms with Crippen molar-refractivity contribution in [2.75, 3.05) is 11.1 Å². The zero-order chi connectivity index (χ0) is 14.0. The van der Waals surface area contributed by atoms with Gasteiger partial charge in [-0.1, -0.05) is 6.07 Å². The molecule has 98 valence electrons. The Balaban J connectivity index is 2.25. The summed E-state index contributed by atoms with van der Waals surface area (Å²) >= 11 is 0. The molecule has 0 fully saturated rings. The fourth-order valence-corrected chi connectivity index (χ4v) is 1.61. The van der Waals surface area contributed by atoms with Gasteiger partial charge in [-0.05, 0) is 42.8 Å². The minimum absolute atomic E-state index is 0.0984. The number of carbonyl (C=O) groups excluding carboxylic acids is 1. The first-order chi connectivity index (χ1) is 8.97. The van der Waals surface area contributed by atoms with Crippen LogP contribution in [0.15, 0.2) is 36.4 Å². The third kappa shape index (κ3) is 2.82. The maximum Gasteiger partial charge on any atom is 0.255 e. The highest BCUT2D eigenvalue weighted by molar-refractivity contribution is 6.04. The van der Waals surface area contributed by atoms with E-state index in [4.69, 9.17) is 5.73 Å². The van der Waals surface area contributed by atoms with Gasteiger partial charge in [-0.2, -0.15) is 0 Å². The number of rotatable bonds is 2. The van der Waals surface area contributed by atoms with Gasteiger partial charge in [0.05, 0.1) is 11.4 Å². The number of anilines is 2. The van der Waals surface area contributed by atoms with Crippen molar-refractivity contribution in [3.8, 4) is 5.75 Å². The van der Waals surface area contributed by atoms with Gasteiger partial charge in [0.2, 0.25) is 0 Å². The summed E-state index contributed by atoms with van der Waals surface area (Å²) in [5.74, 6) is -1.21. The van der Waals surface area contributed by atoms with Gasteiger partial charge in [0, 0.05) is 5.56 Å². The number of hydrogen-bond donors (Lipinski definition) is 3. The topological polar surface area (TPSA) is 75.4 Å². The lowest BCUT2D eigenvalue weighted by Crippen LogP contribution is -2.13. The monoisotopic (exact) mass is 260 g/mol. The zero-order valence-electron chi connectivity index (χ0n) is 10.3. The number of phenols is 1. The summed E-state index contributed by atoms with van der Waals surface area (Å²) < 4.78 is 13.5. The number of phenolic OH excluding ortho intramolecular Hbond substituents is 1. The molecule has 2 rings (SSSR count). The number of hydrogen-bond acceptors (Lipinski definition) is 3. The summed E-state index contributed by atoms with van der Waals surface area (Å²) in [6, 6.07) is 8.53. The molecule has 0 aliphatic rings. The fraction of sp³-hybridized carbons (Fsp3) is 0.0714. The van der Waals surface area contributed by atoms with Gasteiger partial charge in [-0.15, -0.1) is 0 Å². The predicted octanol–water partition coefficient (Wildman–Crippen LogP) is 2.67. The SMILES string of the molecule is Cc1ccc(F)c(NC(=O)c2ccc(N)c(O)c2)c1. The number of aromatic hydroxyl groups is 1. The molecule has 0 saturated carbocycles. The number of nitrogens with one attached hydrogen (secondary N) is 1. The number of carbonyl (C=O) groups is 1. The first kappa shape index (κ1) is 12.9. The van der Waals surface area contributed by atoms with E-state index >= 15 is 0 Å². The Morgan fingerprint density at radius 2 is 2.00 bits per heavy atom. The Labute approximate surface area is 109 Å². The van der Waals surface area contributed by atoms with Crippen molar-refractivity contribution < 1.29 is 14.3 Å². The van der Waals surface area contributed by atoms with E-state index in [0.717, 1.165) is 5.56 Å². The Hall–Kier alpha value is -2.56. The summed E-state index contributed by atoms with van der Waals surface area (Å²) in [6.07, 6.45) is 0. The fourth-order valence-electron chi connectivity index (χ4n) is 1.61. The molecule has 0 unspecified atom stereocenters. The average Bonchev–Trinajstić information content (AvgIpc) is 2.37. The molecule has 5 heteroatoms. The van der Waals surface area contributed by atoms with Gasteiger partial charge in [0.25, 0.3) is 5.91 Å². The summed E-state index contributed by atoms with van der Waals surface area (Å²) in [5, 5.41) is 11.9. The predicted molar refractivity (Wildman–Crippen MR) is 71.6 cm³/mol. The van der Waals surface area contributed by atoms with E-state index in [1.165, 1.54) is 30.3 Å². The molecule has 2 aromatic rings. The zero-order valence-corrected chi connectivity index (χ0v) is 10.3. The van der Waals surface area contributed by atoms with Crippen LogP contribution in [0.1, 0.15) is 15.9 Å². The molecule has 4 nitrogen and oxygen atoms in total. The van der Waals surface area contributed by atoms with Crippen molar-refractivity contribution in [2.45, 2.75) is 6.92 Å². The second-order valence-corrected chi connectivity index (χ2v) is 4.21. The maximum atomic E-state index is 13.5. The summed E-state index contributed by atoms with van der Waals surface area (Å²) in [7, 11) is 0. The normalized spacial score (nSPS) is 10.2. The molecule has 0 aliphatic heterocycles. The molecule has 1 amide bonds. The lowest BCUT2D eigenvalue weighted by Gasteiger charge is -2.08. The third-order valence-electron chi connectivity index (χ3n) is 2.66. The number of benzene rings is 2. The van der Waals surface area contributed by atoms with Gasteiger partial charge in [0.15, 0.2) is 0 Å². The minimum Gasteiger partial charge on any atom is -0.506 e. The molecule has 0 radical (unpaired) electrons. The Kier molecular flexibility index (Phi) is 3.37. The van der Waals surface area contributed by atoms with Gasteiger partial charge in [0.1, 0.15) is 11.6 Å². The van der Waals surface area contributed by atoms with E-state index in [0.29, 0.717) is 0 Å². The van der Waals surface area contributed by atoms with E-state index in [1.54, 1.807) is 13.0 Å². The van der Waals surface area contributed by atoms with Crippen molar-refractivity contribution in [1.82, 2.24) is 0 Å². The average molecular weight is 260 g/mol. The van der Waals surface area contributed by atoms with Gasteiger partial charge < -0.3 is 16.2 Å². The highest BCUT2D eigenvalue weighted by Crippen LogP contribution is 2.22. The molecule has 0 saturated heterocycles. The number of nitrogens with two attached hydrogens (primary N) is 1. The van der Waals surface area contributed by atoms with Crippen LogP contribution >= 0.6 is 0 Å². The number of nitrogen functional groups attached to an aromatic ring is 1.